The first-order valence-corrected chi connectivity index (χ1v) is 7.65. The number of carbonyl (C=O) groups is 1. The third kappa shape index (κ3) is 2.88. The molecule has 0 bridgehead atoms. The Bertz CT molecular complexity index is 925. The molecule has 0 aliphatic carbocycles. The SMILES string of the molecule is CCOC(=O)c1cnn2c(=O)cc(-c3ccc(OCC)cc3)[nH]c12. The van der Waals surface area contributed by atoms with Gasteiger partial charge in [0.2, 0.25) is 0 Å². The van der Waals surface area contributed by atoms with Crippen molar-refractivity contribution in [3.05, 3.63) is 52.4 Å². The summed E-state index contributed by atoms with van der Waals surface area (Å²) in [7, 11) is 0. The van der Waals surface area contributed by atoms with Crippen LogP contribution in [0.1, 0.15) is 24.2 Å². The molecule has 1 aromatic carbocycles. The number of aromatic nitrogens is 3. The quantitative estimate of drug-likeness (QED) is 0.727. The average molecular weight is 327 g/mol. The zero-order chi connectivity index (χ0) is 17.1. The zero-order valence-corrected chi connectivity index (χ0v) is 13.4. The molecule has 1 N–H and O–H groups in total. The van der Waals surface area contributed by atoms with Crippen molar-refractivity contribution in [3.8, 4) is 17.0 Å². The van der Waals surface area contributed by atoms with Crippen LogP contribution < -0.4 is 10.3 Å². The highest BCUT2D eigenvalue weighted by atomic mass is 16.5. The molecule has 3 rings (SSSR count). The topological polar surface area (TPSA) is 85.7 Å². The molecule has 0 unspecified atom stereocenters. The van der Waals surface area contributed by atoms with E-state index in [4.69, 9.17) is 9.47 Å². The Morgan fingerprint density at radius 1 is 1.21 bits per heavy atom. The van der Waals surface area contributed by atoms with Crippen molar-refractivity contribution >= 4 is 11.6 Å². The lowest BCUT2D eigenvalue weighted by Crippen LogP contribution is -2.15. The summed E-state index contributed by atoms with van der Waals surface area (Å²) < 4.78 is 11.5. The molecule has 7 nitrogen and oxygen atoms in total. The van der Waals surface area contributed by atoms with E-state index in [0.717, 1.165) is 15.8 Å². The minimum Gasteiger partial charge on any atom is -0.494 e. The van der Waals surface area contributed by atoms with Crippen molar-refractivity contribution in [2.75, 3.05) is 13.2 Å². The minimum atomic E-state index is -0.521. The third-order valence-corrected chi connectivity index (χ3v) is 3.47. The second-order valence-corrected chi connectivity index (χ2v) is 5.02. The second-order valence-electron chi connectivity index (χ2n) is 5.02. The lowest BCUT2D eigenvalue weighted by atomic mass is 10.1. The Labute approximate surface area is 137 Å². The number of H-pyrrole nitrogens is 1. The Morgan fingerprint density at radius 3 is 2.62 bits per heavy atom. The summed E-state index contributed by atoms with van der Waals surface area (Å²) >= 11 is 0. The van der Waals surface area contributed by atoms with E-state index in [-0.39, 0.29) is 17.7 Å². The summed E-state index contributed by atoms with van der Waals surface area (Å²) in [5.41, 5.74) is 1.59. The van der Waals surface area contributed by atoms with Gasteiger partial charge in [0.05, 0.1) is 25.1 Å². The third-order valence-electron chi connectivity index (χ3n) is 3.47. The summed E-state index contributed by atoms with van der Waals surface area (Å²) in [5.74, 6) is 0.230. The van der Waals surface area contributed by atoms with Crippen LogP contribution >= 0.6 is 0 Å². The number of aromatic amines is 1. The number of rotatable bonds is 5. The molecule has 24 heavy (non-hydrogen) atoms. The Kier molecular flexibility index (Phi) is 4.33. The smallest absolute Gasteiger partial charge is 0.343 e. The predicted octanol–water partition coefficient (Wildman–Crippen LogP) is 2.26. The van der Waals surface area contributed by atoms with Gasteiger partial charge in [-0.1, -0.05) is 0 Å². The van der Waals surface area contributed by atoms with Gasteiger partial charge in [0.25, 0.3) is 5.56 Å². The van der Waals surface area contributed by atoms with Crippen LogP contribution in [0.3, 0.4) is 0 Å². The van der Waals surface area contributed by atoms with E-state index in [1.54, 1.807) is 6.92 Å². The molecule has 0 radical (unpaired) electrons. The molecule has 0 saturated heterocycles. The monoisotopic (exact) mass is 327 g/mol. The van der Waals surface area contributed by atoms with E-state index < -0.39 is 5.97 Å². The van der Waals surface area contributed by atoms with Gasteiger partial charge < -0.3 is 14.5 Å². The van der Waals surface area contributed by atoms with Crippen LogP contribution in [0.5, 0.6) is 5.75 Å². The number of benzene rings is 1. The number of carbonyl (C=O) groups excluding carboxylic acids is 1. The van der Waals surface area contributed by atoms with Gasteiger partial charge in [0.15, 0.2) is 5.65 Å². The normalized spacial score (nSPS) is 10.8. The number of esters is 1. The van der Waals surface area contributed by atoms with Crippen molar-refractivity contribution in [2.24, 2.45) is 0 Å². The lowest BCUT2D eigenvalue weighted by molar-refractivity contribution is 0.0528. The molecule has 124 valence electrons. The van der Waals surface area contributed by atoms with E-state index in [0.29, 0.717) is 17.9 Å². The summed E-state index contributed by atoms with van der Waals surface area (Å²) in [6.45, 7) is 4.47. The standard InChI is InChI=1S/C17H17N3O4/c1-3-23-12-7-5-11(6-8-12)14-9-15(21)20-16(19-14)13(10-18-20)17(22)24-4-2/h5-10,19H,3-4H2,1-2H3. The fourth-order valence-electron chi connectivity index (χ4n) is 2.40. The molecule has 0 aliphatic rings. The molecule has 0 amide bonds. The molecular formula is C17H17N3O4. The fourth-order valence-corrected chi connectivity index (χ4v) is 2.40. The summed E-state index contributed by atoms with van der Waals surface area (Å²) in [4.78, 5) is 27.3. The molecule has 0 spiro atoms. The van der Waals surface area contributed by atoms with Crippen molar-refractivity contribution in [1.29, 1.82) is 0 Å². The largest absolute Gasteiger partial charge is 0.494 e. The Hall–Kier alpha value is -3.09. The van der Waals surface area contributed by atoms with Gasteiger partial charge in [-0.25, -0.2) is 4.79 Å². The maximum atomic E-state index is 12.2. The van der Waals surface area contributed by atoms with Crippen molar-refractivity contribution in [1.82, 2.24) is 14.6 Å². The van der Waals surface area contributed by atoms with Crippen LogP contribution in [-0.4, -0.2) is 33.8 Å². The van der Waals surface area contributed by atoms with Crippen LogP contribution in [0.2, 0.25) is 0 Å². The molecule has 2 heterocycles. The average Bonchev–Trinajstić information content (AvgIpc) is 3.01. The molecule has 0 saturated carbocycles. The maximum Gasteiger partial charge on any atom is 0.343 e. The number of ether oxygens (including phenoxy) is 2. The van der Waals surface area contributed by atoms with E-state index in [1.165, 1.54) is 12.3 Å². The van der Waals surface area contributed by atoms with Crippen molar-refractivity contribution in [2.45, 2.75) is 13.8 Å². The van der Waals surface area contributed by atoms with E-state index >= 15 is 0 Å². The first-order valence-electron chi connectivity index (χ1n) is 7.65. The summed E-state index contributed by atoms with van der Waals surface area (Å²) in [6.07, 6.45) is 1.33. The van der Waals surface area contributed by atoms with Crippen LogP contribution in [0.25, 0.3) is 16.9 Å². The zero-order valence-electron chi connectivity index (χ0n) is 13.4. The van der Waals surface area contributed by atoms with Crippen molar-refractivity contribution in [3.63, 3.8) is 0 Å². The van der Waals surface area contributed by atoms with E-state index in [2.05, 4.69) is 10.1 Å². The predicted molar refractivity (Wildman–Crippen MR) is 88.4 cm³/mol. The summed E-state index contributed by atoms with van der Waals surface area (Å²) in [5, 5.41) is 3.95. The highest BCUT2D eigenvalue weighted by Gasteiger charge is 2.16. The van der Waals surface area contributed by atoms with Crippen LogP contribution in [0, 0.1) is 0 Å². The molecule has 2 aromatic heterocycles. The van der Waals surface area contributed by atoms with Gasteiger partial charge in [-0.05, 0) is 43.7 Å². The Balaban J connectivity index is 2.07. The van der Waals surface area contributed by atoms with Gasteiger partial charge in [-0.3, -0.25) is 4.79 Å². The first-order chi connectivity index (χ1) is 11.6. The molecule has 0 atom stereocenters. The number of nitrogens with one attached hydrogen (secondary N) is 1. The lowest BCUT2D eigenvalue weighted by Gasteiger charge is -2.06. The molecule has 0 aliphatic heterocycles. The van der Waals surface area contributed by atoms with Gasteiger partial charge >= 0.3 is 5.97 Å². The van der Waals surface area contributed by atoms with Crippen LogP contribution in [0.4, 0.5) is 0 Å². The highest BCUT2D eigenvalue weighted by Crippen LogP contribution is 2.21. The second kappa shape index (κ2) is 6.57. The van der Waals surface area contributed by atoms with Crippen molar-refractivity contribution < 1.29 is 14.3 Å². The molecule has 7 heteroatoms. The van der Waals surface area contributed by atoms with Gasteiger partial charge in [-0.15, -0.1) is 0 Å². The molecular weight excluding hydrogens is 310 g/mol. The van der Waals surface area contributed by atoms with Gasteiger partial charge in [0, 0.05) is 6.07 Å². The van der Waals surface area contributed by atoms with Crippen LogP contribution in [0.15, 0.2) is 41.3 Å². The number of hydrogen-bond acceptors (Lipinski definition) is 5. The molecule has 0 fully saturated rings. The van der Waals surface area contributed by atoms with Gasteiger partial charge in [-0.2, -0.15) is 9.61 Å². The molecule has 3 aromatic rings. The summed E-state index contributed by atoms with van der Waals surface area (Å²) in [6, 6.07) is 8.76. The minimum absolute atomic E-state index is 0.224. The van der Waals surface area contributed by atoms with Crippen LogP contribution in [-0.2, 0) is 4.74 Å². The maximum absolute atomic E-state index is 12.2. The number of nitrogens with zero attached hydrogens (tertiary/aromatic N) is 2. The fraction of sp³-hybridized carbons (Fsp3) is 0.235. The van der Waals surface area contributed by atoms with Gasteiger partial charge in [0.1, 0.15) is 11.3 Å². The number of hydrogen-bond donors (Lipinski definition) is 1. The highest BCUT2D eigenvalue weighted by molar-refractivity contribution is 5.95. The van der Waals surface area contributed by atoms with E-state index in [9.17, 15) is 9.59 Å². The Morgan fingerprint density at radius 2 is 1.96 bits per heavy atom. The van der Waals surface area contributed by atoms with E-state index in [1.807, 2.05) is 31.2 Å². The number of fused-ring (bicyclic) bond motifs is 1. The first kappa shape index (κ1) is 15.8.